The number of aliphatic imine (C=N–C) groups is 1. The number of carbonyl (C=O) groups excluding carboxylic acids is 1. The van der Waals surface area contributed by atoms with Crippen LogP contribution < -0.4 is 14.8 Å². The molecule has 0 saturated heterocycles. The zero-order valence-electron chi connectivity index (χ0n) is 16.1. The van der Waals surface area contributed by atoms with Gasteiger partial charge in [-0.2, -0.15) is 0 Å². The molecule has 1 N–H and O–H groups in total. The molecular weight excluding hydrogens is 340 g/mol. The first kappa shape index (κ1) is 18.7. The molecule has 2 aromatic rings. The van der Waals surface area contributed by atoms with Crippen LogP contribution in [-0.2, 0) is 11.2 Å². The van der Waals surface area contributed by atoms with Crippen molar-refractivity contribution in [1.29, 1.82) is 0 Å². The van der Waals surface area contributed by atoms with E-state index in [1.165, 1.54) is 11.1 Å². The molecule has 0 aliphatic carbocycles. The molecule has 2 aromatic carbocycles. The minimum absolute atomic E-state index is 0.198. The third-order valence-corrected chi connectivity index (χ3v) is 4.52. The molecule has 0 bridgehead atoms. The van der Waals surface area contributed by atoms with Gasteiger partial charge in [-0.05, 0) is 49.6 Å². The number of hydrogen-bond donors (Lipinski definition) is 1. The molecular formula is C22H24N2O3. The van der Waals surface area contributed by atoms with E-state index in [1.54, 1.807) is 20.3 Å². The SMILES string of the molecule is COc1cc(/C=C2/N=C(CCc3cccc(C)c3)NC2=O)c(OC)cc1C. The predicted octanol–water partition coefficient (Wildman–Crippen LogP) is 3.82. The first-order chi connectivity index (χ1) is 13.0. The van der Waals surface area contributed by atoms with Gasteiger partial charge in [0.15, 0.2) is 0 Å². The largest absolute Gasteiger partial charge is 0.496 e. The van der Waals surface area contributed by atoms with Gasteiger partial charge in [0, 0.05) is 12.0 Å². The van der Waals surface area contributed by atoms with Gasteiger partial charge < -0.3 is 14.8 Å². The van der Waals surface area contributed by atoms with Crippen LogP contribution in [0.15, 0.2) is 47.1 Å². The number of ether oxygens (including phenoxy) is 2. The fraction of sp³-hybridized carbons (Fsp3) is 0.273. The van der Waals surface area contributed by atoms with E-state index in [0.29, 0.717) is 23.7 Å². The average Bonchev–Trinajstić information content (AvgIpc) is 3.00. The topological polar surface area (TPSA) is 59.9 Å². The number of hydrogen-bond acceptors (Lipinski definition) is 4. The summed E-state index contributed by atoms with van der Waals surface area (Å²) in [6.45, 7) is 4.02. The Morgan fingerprint density at radius 1 is 1.04 bits per heavy atom. The van der Waals surface area contributed by atoms with Gasteiger partial charge in [0.2, 0.25) is 0 Å². The highest BCUT2D eigenvalue weighted by Gasteiger charge is 2.20. The lowest BCUT2D eigenvalue weighted by atomic mass is 10.1. The van der Waals surface area contributed by atoms with Gasteiger partial charge >= 0.3 is 0 Å². The van der Waals surface area contributed by atoms with Crippen LogP contribution in [0.25, 0.3) is 6.08 Å². The van der Waals surface area contributed by atoms with E-state index in [0.717, 1.165) is 23.3 Å². The van der Waals surface area contributed by atoms with Crippen molar-refractivity contribution in [3.63, 3.8) is 0 Å². The van der Waals surface area contributed by atoms with Crippen molar-refractivity contribution in [2.75, 3.05) is 14.2 Å². The molecule has 0 aromatic heterocycles. The molecule has 0 radical (unpaired) electrons. The minimum atomic E-state index is -0.198. The number of benzene rings is 2. The number of nitrogens with zero attached hydrogens (tertiary/aromatic N) is 1. The van der Waals surface area contributed by atoms with Gasteiger partial charge in [-0.1, -0.05) is 29.8 Å². The van der Waals surface area contributed by atoms with Gasteiger partial charge in [-0.15, -0.1) is 0 Å². The molecule has 5 nitrogen and oxygen atoms in total. The summed E-state index contributed by atoms with van der Waals surface area (Å²) >= 11 is 0. The van der Waals surface area contributed by atoms with E-state index in [2.05, 4.69) is 35.4 Å². The highest BCUT2D eigenvalue weighted by atomic mass is 16.5. The normalized spacial score (nSPS) is 14.9. The molecule has 0 unspecified atom stereocenters. The highest BCUT2D eigenvalue weighted by Crippen LogP contribution is 2.30. The van der Waals surface area contributed by atoms with Crippen molar-refractivity contribution in [3.8, 4) is 11.5 Å². The molecule has 1 amide bonds. The summed E-state index contributed by atoms with van der Waals surface area (Å²) in [5.41, 5.74) is 4.56. The van der Waals surface area contributed by atoms with Crippen molar-refractivity contribution in [2.45, 2.75) is 26.7 Å². The summed E-state index contributed by atoms with van der Waals surface area (Å²) in [5, 5.41) is 2.86. The molecule has 1 aliphatic rings. The lowest BCUT2D eigenvalue weighted by molar-refractivity contribution is -0.115. The number of amides is 1. The van der Waals surface area contributed by atoms with E-state index in [1.807, 2.05) is 25.1 Å². The number of carbonyl (C=O) groups is 1. The Labute approximate surface area is 159 Å². The summed E-state index contributed by atoms with van der Waals surface area (Å²) in [4.78, 5) is 16.8. The van der Waals surface area contributed by atoms with Crippen molar-refractivity contribution < 1.29 is 14.3 Å². The molecule has 1 heterocycles. The van der Waals surface area contributed by atoms with E-state index >= 15 is 0 Å². The Kier molecular flexibility index (Phi) is 5.60. The third-order valence-electron chi connectivity index (χ3n) is 4.52. The van der Waals surface area contributed by atoms with Crippen LogP contribution in [0.3, 0.4) is 0 Å². The van der Waals surface area contributed by atoms with Gasteiger partial charge in [-0.25, -0.2) is 4.99 Å². The third kappa shape index (κ3) is 4.37. The highest BCUT2D eigenvalue weighted by molar-refractivity contribution is 6.14. The summed E-state index contributed by atoms with van der Waals surface area (Å²) in [6, 6.07) is 12.1. The summed E-state index contributed by atoms with van der Waals surface area (Å²) in [7, 11) is 3.23. The summed E-state index contributed by atoms with van der Waals surface area (Å²) in [6.07, 6.45) is 3.24. The molecule has 140 valence electrons. The van der Waals surface area contributed by atoms with Crippen LogP contribution in [0, 0.1) is 13.8 Å². The monoisotopic (exact) mass is 364 g/mol. The zero-order chi connectivity index (χ0) is 19.4. The van der Waals surface area contributed by atoms with Crippen molar-refractivity contribution >= 4 is 17.8 Å². The second-order valence-electron chi connectivity index (χ2n) is 6.60. The van der Waals surface area contributed by atoms with Gasteiger partial charge in [0.1, 0.15) is 23.0 Å². The maximum absolute atomic E-state index is 12.3. The average molecular weight is 364 g/mol. The summed E-state index contributed by atoms with van der Waals surface area (Å²) < 4.78 is 10.8. The zero-order valence-corrected chi connectivity index (χ0v) is 16.1. The Morgan fingerprint density at radius 2 is 1.81 bits per heavy atom. The Bertz CT molecular complexity index is 929. The second kappa shape index (κ2) is 8.08. The summed E-state index contributed by atoms with van der Waals surface area (Å²) in [5.74, 6) is 1.91. The minimum Gasteiger partial charge on any atom is -0.496 e. The fourth-order valence-electron chi connectivity index (χ4n) is 3.10. The van der Waals surface area contributed by atoms with Crippen molar-refractivity contribution in [2.24, 2.45) is 4.99 Å². The Hall–Kier alpha value is -3.08. The van der Waals surface area contributed by atoms with Crippen LogP contribution in [0.1, 0.15) is 28.7 Å². The van der Waals surface area contributed by atoms with Crippen LogP contribution in [0.2, 0.25) is 0 Å². The molecule has 5 heteroatoms. The number of rotatable bonds is 6. The maximum Gasteiger partial charge on any atom is 0.275 e. The maximum atomic E-state index is 12.3. The van der Waals surface area contributed by atoms with Gasteiger partial charge in [-0.3, -0.25) is 4.79 Å². The first-order valence-corrected chi connectivity index (χ1v) is 8.89. The van der Waals surface area contributed by atoms with Crippen LogP contribution in [0.4, 0.5) is 0 Å². The van der Waals surface area contributed by atoms with Gasteiger partial charge in [0.05, 0.1) is 14.2 Å². The number of nitrogens with one attached hydrogen (secondary N) is 1. The molecule has 0 fully saturated rings. The quantitative estimate of drug-likeness (QED) is 0.793. The van der Waals surface area contributed by atoms with Crippen LogP contribution in [-0.4, -0.2) is 26.0 Å². The lowest BCUT2D eigenvalue weighted by Gasteiger charge is -2.10. The molecule has 0 saturated carbocycles. The second-order valence-corrected chi connectivity index (χ2v) is 6.60. The fourth-order valence-corrected chi connectivity index (χ4v) is 3.10. The molecule has 3 rings (SSSR count). The predicted molar refractivity (Wildman–Crippen MR) is 107 cm³/mol. The molecule has 1 aliphatic heterocycles. The molecule has 0 spiro atoms. The lowest BCUT2D eigenvalue weighted by Crippen LogP contribution is -2.24. The van der Waals surface area contributed by atoms with E-state index in [4.69, 9.17) is 9.47 Å². The van der Waals surface area contributed by atoms with Crippen LogP contribution in [0.5, 0.6) is 11.5 Å². The Balaban J connectivity index is 1.81. The molecule has 0 atom stereocenters. The van der Waals surface area contributed by atoms with Crippen molar-refractivity contribution in [3.05, 3.63) is 64.3 Å². The number of amidine groups is 1. The van der Waals surface area contributed by atoms with E-state index in [-0.39, 0.29) is 5.91 Å². The molecule has 27 heavy (non-hydrogen) atoms. The van der Waals surface area contributed by atoms with Crippen LogP contribution >= 0.6 is 0 Å². The van der Waals surface area contributed by atoms with Gasteiger partial charge in [0.25, 0.3) is 5.91 Å². The standard InChI is InChI=1S/C22H24N2O3/c1-14-6-5-7-16(10-14)8-9-21-23-18(22(25)24-21)12-17-13-19(26-3)15(2)11-20(17)27-4/h5-7,10-13H,8-9H2,1-4H3,(H,23,24,25)/b18-12+. The smallest absolute Gasteiger partial charge is 0.275 e. The van der Waals surface area contributed by atoms with E-state index in [9.17, 15) is 4.79 Å². The van der Waals surface area contributed by atoms with Crippen molar-refractivity contribution in [1.82, 2.24) is 5.32 Å². The number of methoxy groups -OCH3 is 2. The first-order valence-electron chi connectivity index (χ1n) is 8.89. The number of aryl methyl sites for hydroxylation is 3. The van der Waals surface area contributed by atoms with E-state index < -0.39 is 0 Å². The Morgan fingerprint density at radius 3 is 2.52 bits per heavy atom.